The van der Waals surface area contributed by atoms with Gasteiger partial charge in [-0.3, -0.25) is 4.79 Å². The highest BCUT2D eigenvalue weighted by Crippen LogP contribution is 2.20. The molecule has 1 saturated carbocycles. The first kappa shape index (κ1) is 15.0. The molecule has 0 bridgehead atoms. The molecule has 0 heterocycles. The molecule has 0 saturated heterocycles. The van der Waals surface area contributed by atoms with E-state index in [0.717, 1.165) is 25.3 Å². The van der Waals surface area contributed by atoms with E-state index in [1.54, 1.807) is 0 Å². The van der Waals surface area contributed by atoms with Gasteiger partial charge in [-0.05, 0) is 24.0 Å². The van der Waals surface area contributed by atoms with Crippen molar-refractivity contribution in [1.29, 1.82) is 0 Å². The Kier molecular flexibility index (Phi) is 6.02. The van der Waals surface area contributed by atoms with Gasteiger partial charge in [-0.25, -0.2) is 0 Å². The zero-order valence-corrected chi connectivity index (χ0v) is 11.8. The number of rotatable bonds is 8. The van der Waals surface area contributed by atoms with Gasteiger partial charge in [-0.15, -0.1) is 0 Å². The fourth-order valence-corrected chi connectivity index (χ4v) is 2.54. The van der Waals surface area contributed by atoms with E-state index in [1.807, 2.05) is 24.3 Å². The molecule has 20 heavy (non-hydrogen) atoms. The van der Waals surface area contributed by atoms with Crippen molar-refractivity contribution >= 4 is 5.97 Å². The molecule has 0 spiro atoms. The summed E-state index contributed by atoms with van der Waals surface area (Å²) in [5.41, 5.74) is 2.01. The van der Waals surface area contributed by atoms with E-state index in [1.165, 1.54) is 31.2 Å². The van der Waals surface area contributed by atoms with Gasteiger partial charge in [0.2, 0.25) is 0 Å². The van der Waals surface area contributed by atoms with Gasteiger partial charge in [0.05, 0.1) is 19.1 Å². The van der Waals surface area contributed by atoms with E-state index in [4.69, 9.17) is 9.84 Å². The minimum Gasteiger partial charge on any atom is -0.481 e. The summed E-state index contributed by atoms with van der Waals surface area (Å²) < 4.78 is 5.78. The van der Waals surface area contributed by atoms with Crippen molar-refractivity contribution in [2.75, 3.05) is 13.2 Å². The van der Waals surface area contributed by atoms with Crippen molar-refractivity contribution in [3.63, 3.8) is 0 Å². The van der Waals surface area contributed by atoms with Crippen LogP contribution in [-0.4, -0.2) is 30.3 Å². The molecule has 0 atom stereocenters. The number of ether oxygens (including phenoxy) is 1. The van der Waals surface area contributed by atoms with Crippen LogP contribution in [0.1, 0.15) is 36.8 Å². The molecule has 2 rings (SSSR count). The Hall–Kier alpha value is -1.39. The van der Waals surface area contributed by atoms with Crippen LogP contribution in [-0.2, 0) is 22.5 Å². The first-order chi connectivity index (χ1) is 9.74. The van der Waals surface area contributed by atoms with Crippen LogP contribution in [0.25, 0.3) is 0 Å². The molecule has 4 heteroatoms. The Labute approximate surface area is 120 Å². The third-order valence-corrected chi connectivity index (χ3v) is 3.64. The zero-order valence-electron chi connectivity index (χ0n) is 11.8. The second kappa shape index (κ2) is 8.02. The van der Waals surface area contributed by atoms with Crippen molar-refractivity contribution in [2.24, 2.45) is 0 Å². The first-order valence-corrected chi connectivity index (χ1v) is 7.36. The summed E-state index contributed by atoms with van der Waals surface area (Å²) in [5, 5.41) is 12.0. The minimum absolute atomic E-state index is 0.0862. The molecule has 110 valence electrons. The van der Waals surface area contributed by atoms with Crippen molar-refractivity contribution in [1.82, 2.24) is 5.32 Å². The average molecular weight is 277 g/mol. The van der Waals surface area contributed by atoms with Crippen LogP contribution >= 0.6 is 0 Å². The third kappa shape index (κ3) is 5.31. The number of hydrogen-bond donors (Lipinski definition) is 2. The van der Waals surface area contributed by atoms with Crippen LogP contribution < -0.4 is 5.32 Å². The topological polar surface area (TPSA) is 58.6 Å². The molecule has 2 N–H and O–H groups in total. The molecule has 0 amide bonds. The maximum absolute atomic E-state index is 10.6. The summed E-state index contributed by atoms with van der Waals surface area (Å²) in [4.78, 5) is 10.6. The van der Waals surface area contributed by atoms with Crippen LogP contribution in [0.4, 0.5) is 0 Å². The Morgan fingerprint density at radius 1 is 1.20 bits per heavy atom. The Balaban J connectivity index is 1.60. The smallest absolute Gasteiger partial charge is 0.307 e. The maximum Gasteiger partial charge on any atom is 0.307 e. The molecule has 1 aliphatic carbocycles. The summed E-state index contributed by atoms with van der Waals surface area (Å²) in [5.74, 6) is -0.792. The Morgan fingerprint density at radius 2 is 1.85 bits per heavy atom. The molecule has 0 aliphatic heterocycles. The van der Waals surface area contributed by atoms with Gasteiger partial charge < -0.3 is 15.2 Å². The van der Waals surface area contributed by atoms with Crippen molar-refractivity contribution < 1.29 is 14.6 Å². The van der Waals surface area contributed by atoms with Crippen molar-refractivity contribution in [3.8, 4) is 0 Å². The van der Waals surface area contributed by atoms with Crippen LogP contribution in [0.3, 0.4) is 0 Å². The number of carbonyl (C=O) groups is 1. The Morgan fingerprint density at radius 3 is 2.50 bits per heavy atom. The molecular formula is C16H23NO3. The summed E-state index contributed by atoms with van der Waals surface area (Å²) in [6, 6.07) is 7.70. The monoisotopic (exact) mass is 277 g/mol. The largest absolute Gasteiger partial charge is 0.481 e. The van der Waals surface area contributed by atoms with Crippen molar-refractivity contribution in [3.05, 3.63) is 35.4 Å². The van der Waals surface area contributed by atoms with Gasteiger partial charge in [0.15, 0.2) is 0 Å². The lowest BCUT2D eigenvalue weighted by Gasteiger charge is -2.11. The highest BCUT2D eigenvalue weighted by molar-refractivity contribution is 5.70. The fourth-order valence-electron chi connectivity index (χ4n) is 2.54. The lowest BCUT2D eigenvalue weighted by atomic mass is 10.1. The highest BCUT2D eigenvalue weighted by atomic mass is 16.5. The average Bonchev–Trinajstić information content (AvgIpc) is 2.93. The summed E-state index contributed by atoms with van der Waals surface area (Å²) in [6.07, 6.45) is 5.60. The van der Waals surface area contributed by atoms with Gasteiger partial charge in [-0.2, -0.15) is 0 Å². The van der Waals surface area contributed by atoms with Crippen LogP contribution in [0.5, 0.6) is 0 Å². The van der Waals surface area contributed by atoms with Gasteiger partial charge >= 0.3 is 5.97 Å². The van der Waals surface area contributed by atoms with Gasteiger partial charge in [0.1, 0.15) is 0 Å². The zero-order chi connectivity index (χ0) is 14.2. The summed E-state index contributed by atoms with van der Waals surface area (Å²) in [6.45, 7) is 2.41. The van der Waals surface area contributed by atoms with Gasteiger partial charge in [-0.1, -0.05) is 37.1 Å². The lowest BCUT2D eigenvalue weighted by Crippen LogP contribution is -2.21. The molecule has 0 unspecified atom stereocenters. The quantitative estimate of drug-likeness (QED) is 0.716. The van der Waals surface area contributed by atoms with E-state index in [0.29, 0.717) is 6.10 Å². The van der Waals surface area contributed by atoms with Gasteiger partial charge in [0.25, 0.3) is 0 Å². The van der Waals surface area contributed by atoms with Gasteiger partial charge in [0, 0.05) is 13.1 Å². The van der Waals surface area contributed by atoms with Crippen molar-refractivity contribution in [2.45, 2.75) is 44.8 Å². The maximum atomic E-state index is 10.6. The Bertz CT molecular complexity index is 410. The molecule has 1 aromatic rings. The van der Waals surface area contributed by atoms with E-state index in [2.05, 4.69) is 5.32 Å². The van der Waals surface area contributed by atoms with Crippen LogP contribution in [0.15, 0.2) is 24.3 Å². The number of nitrogens with one attached hydrogen (secondary N) is 1. The number of carboxylic acid groups (broad SMARTS) is 1. The molecular weight excluding hydrogens is 254 g/mol. The molecule has 0 radical (unpaired) electrons. The predicted molar refractivity (Wildman–Crippen MR) is 77.7 cm³/mol. The lowest BCUT2D eigenvalue weighted by molar-refractivity contribution is -0.136. The van der Waals surface area contributed by atoms with Crippen LogP contribution in [0, 0.1) is 0 Å². The SMILES string of the molecule is O=C(O)Cc1ccc(CNCCOC2CCCC2)cc1. The first-order valence-electron chi connectivity index (χ1n) is 7.36. The van der Waals surface area contributed by atoms with Crippen LogP contribution in [0.2, 0.25) is 0 Å². The second-order valence-electron chi connectivity index (χ2n) is 5.34. The molecule has 4 nitrogen and oxygen atoms in total. The third-order valence-electron chi connectivity index (χ3n) is 3.64. The number of hydrogen-bond acceptors (Lipinski definition) is 3. The summed E-state index contributed by atoms with van der Waals surface area (Å²) in [7, 11) is 0. The molecule has 1 aliphatic rings. The fraction of sp³-hybridized carbons (Fsp3) is 0.562. The normalized spacial score (nSPS) is 15.6. The van der Waals surface area contributed by atoms with E-state index < -0.39 is 5.97 Å². The molecule has 1 aromatic carbocycles. The number of carboxylic acids is 1. The van der Waals surface area contributed by atoms with E-state index in [9.17, 15) is 4.79 Å². The summed E-state index contributed by atoms with van der Waals surface area (Å²) >= 11 is 0. The van der Waals surface area contributed by atoms with E-state index in [-0.39, 0.29) is 6.42 Å². The minimum atomic E-state index is -0.792. The second-order valence-corrected chi connectivity index (χ2v) is 5.34. The number of benzene rings is 1. The van der Waals surface area contributed by atoms with E-state index >= 15 is 0 Å². The standard InChI is InChI=1S/C16H23NO3/c18-16(19)11-13-5-7-14(8-6-13)12-17-9-10-20-15-3-1-2-4-15/h5-8,15,17H,1-4,9-12H2,(H,18,19). The molecule has 1 fully saturated rings. The number of aliphatic carboxylic acids is 1. The predicted octanol–water partition coefficient (Wildman–Crippen LogP) is 2.36. The molecule has 0 aromatic heterocycles. The highest BCUT2D eigenvalue weighted by Gasteiger charge is 2.14.